The van der Waals surface area contributed by atoms with Gasteiger partial charge in [0.2, 0.25) is 0 Å². The van der Waals surface area contributed by atoms with E-state index in [4.69, 9.17) is 11.6 Å². The van der Waals surface area contributed by atoms with E-state index in [1.807, 2.05) is 25.3 Å². The van der Waals surface area contributed by atoms with Crippen molar-refractivity contribution in [3.63, 3.8) is 0 Å². The van der Waals surface area contributed by atoms with Crippen LogP contribution in [-0.4, -0.2) is 16.9 Å². The number of hydrogen-bond donors (Lipinski definition) is 1. The molecule has 0 saturated heterocycles. The van der Waals surface area contributed by atoms with Crippen LogP contribution in [0.4, 0.5) is 5.82 Å². The molecule has 1 aromatic heterocycles. The maximum atomic E-state index is 6.26. The number of halogens is 1. The average molecular weight is 241 g/mol. The minimum atomic E-state index is 0.142. The number of hydrogen-bond acceptors (Lipinski definition) is 2. The van der Waals surface area contributed by atoms with Crippen LogP contribution in [0.2, 0.25) is 0 Å². The van der Waals surface area contributed by atoms with Crippen LogP contribution in [0.25, 0.3) is 0 Å². The van der Waals surface area contributed by atoms with Crippen LogP contribution in [0.3, 0.4) is 0 Å². The number of aryl methyl sites for hydroxylation is 1. The Balaban J connectivity index is 2.37. The summed E-state index contributed by atoms with van der Waals surface area (Å²) in [5.74, 6) is 0.894. The second kappa shape index (κ2) is 5.53. The van der Waals surface area contributed by atoms with E-state index in [2.05, 4.69) is 31.1 Å². The molecule has 0 aliphatic rings. The smallest absolute Gasteiger partial charge is 0.125 e. The molecule has 0 saturated carbocycles. The number of aromatic nitrogens is 1. The first-order chi connectivity index (χ1) is 7.37. The molecule has 1 rings (SSSR count). The summed E-state index contributed by atoms with van der Waals surface area (Å²) in [6.07, 6.45) is 2.85. The summed E-state index contributed by atoms with van der Waals surface area (Å²) in [4.78, 5) is 4.28. The zero-order valence-corrected chi connectivity index (χ0v) is 11.3. The van der Waals surface area contributed by atoms with Crippen molar-refractivity contribution in [3.05, 3.63) is 23.9 Å². The fourth-order valence-electron chi connectivity index (χ4n) is 1.52. The lowest BCUT2D eigenvalue weighted by atomic mass is 9.90. The molecule has 1 unspecified atom stereocenters. The van der Waals surface area contributed by atoms with E-state index in [1.54, 1.807) is 0 Å². The lowest BCUT2D eigenvalue weighted by molar-refractivity contribution is 0.373. The van der Waals surface area contributed by atoms with Crippen LogP contribution < -0.4 is 5.32 Å². The van der Waals surface area contributed by atoms with Crippen molar-refractivity contribution in [2.75, 3.05) is 11.9 Å². The van der Waals surface area contributed by atoms with Gasteiger partial charge >= 0.3 is 0 Å². The van der Waals surface area contributed by atoms with Crippen molar-refractivity contribution >= 4 is 17.4 Å². The summed E-state index contributed by atoms with van der Waals surface area (Å²) in [6, 6.07) is 4.03. The van der Waals surface area contributed by atoms with E-state index in [-0.39, 0.29) is 10.8 Å². The Hall–Kier alpha value is -0.760. The fraction of sp³-hybridized carbons (Fsp3) is 0.615. The summed E-state index contributed by atoms with van der Waals surface area (Å²) >= 11 is 6.26. The summed E-state index contributed by atoms with van der Waals surface area (Å²) < 4.78 is 0. The van der Waals surface area contributed by atoms with Crippen molar-refractivity contribution in [2.45, 2.75) is 39.5 Å². The first-order valence-electron chi connectivity index (χ1n) is 5.67. The second-order valence-electron chi connectivity index (χ2n) is 5.46. The van der Waals surface area contributed by atoms with Crippen LogP contribution in [-0.2, 0) is 0 Å². The van der Waals surface area contributed by atoms with Crippen molar-refractivity contribution in [1.82, 2.24) is 4.98 Å². The number of rotatable bonds is 4. The number of pyridine rings is 1. The van der Waals surface area contributed by atoms with Gasteiger partial charge in [-0.05, 0) is 30.4 Å². The predicted octanol–water partition coefficient (Wildman–Crippen LogP) is 3.85. The molecular formula is C13H21ClN2. The van der Waals surface area contributed by atoms with Gasteiger partial charge in [-0.3, -0.25) is 0 Å². The maximum Gasteiger partial charge on any atom is 0.125 e. The van der Waals surface area contributed by atoms with Gasteiger partial charge in [0.1, 0.15) is 5.82 Å². The van der Waals surface area contributed by atoms with Crippen molar-refractivity contribution in [2.24, 2.45) is 5.41 Å². The third-order valence-electron chi connectivity index (χ3n) is 2.25. The monoisotopic (exact) mass is 240 g/mol. The molecule has 0 aliphatic carbocycles. The molecule has 1 atom stereocenters. The molecule has 0 aromatic carbocycles. The van der Waals surface area contributed by atoms with E-state index in [0.717, 1.165) is 18.8 Å². The standard InChI is InChI=1S/C13H21ClN2/c1-10-5-6-12(15-8-10)16-9-11(14)7-13(2,3)4/h5-6,8,11H,7,9H2,1-4H3,(H,15,16). The number of nitrogens with zero attached hydrogens (tertiary/aromatic N) is 1. The lowest BCUT2D eigenvalue weighted by Crippen LogP contribution is -2.21. The summed E-state index contributed by atoms with van der Waals surface area (Å²) in [5, 5.41) is 3.39. The van der Waals surface area contributed by atoms with Gasteiger partial charge in [-0.1, -0.05) is 26.8 Å². The molecule has 0 radical (unpaired) electrons. The van der Waals surface area contributed by atoms with Gasteiger partial charge in [-0.25, -0.2) is 4.98 Å². The Morgan fingerprint density at radius 1 is 1.38 bits per heavy atom. The lowest BCUT2D eigenvalue weighted by Gasteiger charge is -2.22. The third kappa shape index (κ3) is 5.36. The molecule has 1 N–H and O–H groups in total. The van der Waals surface area contributed by atoms with Gasteiger partial charge in [-0.15, -0.1) is 11.6 Å². The van der Waals surface area contributed by atoms with E-state index in [1.165, 1.54) is 5.56 Å². The van der Waals surface area contributed by atoms with E-state index >= 15 is 0 Å². The molecule has 0 amide bonds. The second-order valence-corrected chi connectivity index (χ2v) is 6.08. The zero-order valence-electron chi connectivity index (χ0n) is 10.5. The molecule has 0 bridgehead atoms. The molecule has 90 valence electrons. The molecule has 0 fully saturated rings. The van der Waals surface area contributed by atoms with Gasteiger partial charge < -0.3 is 5.32 Å². The molecule has 1 heterocycles. The van der Waals surface area contributed by atoms with Crippen molar-refractivity contribution in [3.8, 4) is 0 Å². The molecule has 0 aliphatic heterocycles. The SMILES string of the molecule is Cc1ccc(NCC(Cl)CC(C)(C)C)nc1. The van der Waals surface area contributed by atoms with Crippen molar-refractivity contribution < 1.29 is 0 Å². The molecule has 3 heteroatoms. The highest BCUT2D eigenvalue weighted by atomic mass is 35.5. The molecule has 1 aromatic rings. The molecule has 2 nitrogen and oxygen atoms in total. The van der Waals surface area contributed by atoms with Crippen LogP contribution in [0, 0.1) is 12.3 Å². The molecule has 0 spiro atoms. The van der Waals surface area contributed by atoms with Crippen LogP contribution >= 0.6 is 11.6 Å². The van der Waals surface area contributed by atoms with Crippen LogP contribution in [0.5, 0.6) is 0 Å². The quantitative estimate of drug-likeness (QED) is 0.809. The van der Waals surface area contributed by atoms with Crippen molar-refractivity contribution in [1.29, 1.82) is 0 Å². The Morgan fingerprint density at radius 3 is 2.56 bits per heavy atom. The average Bonchev–Trinajstić information content (AvgIpc) is 2.14. The first-order valence-corrected chi connectivity index (χ1v) is 6.11. The van der Waals surface area contributed by atoms with Crippen LogP contribution in [0.15, 0.2) is 18.3 Å². The number of nitrogens with one attached hydrogen (secondary N) is 1. The minimum Gasteiger partial charge on any atom is -0.369 e. The molecule has 16 heavy (non-hydrogen) atoms. The fourth-order valence-corrected chi connectivity index (χ4v) is 2.06. The summed E-state index contributed by atoms with van der Waals surface area (Å²) in [5.41, 5.74) is 1.44. The Bertz CT molecular complexity index is 314. The normalized spacial score (nSPS) is 13.6. The minimum absolute atomic E-state index is 0.142. The Labute approximate surface area is 103 Å². The van der Waals surface area contributed by atoms with E-state index < -0.39 is 0 Å². The van der Waals surface area contributed by atoms with Gasteiger partial charge in [0.05, 0.1) is 5.38 Å². The number of anilines is 1. The predicted molar refractivity (Wildman–Crippen MR) is 71.2 cm³/mol. The highest BCUT2D eigenvalue weighted by molar-refractivity contribution is 6.20. The highest BCUT2D eigenvalue weighted by Crippen LogP contribution is 2.23. The van der Waals surface area contributed by atoms with Gasteiger partial charge in [0.15, 0.2) is 0 Å². The van der Waals surface area contributed by atoms with Crippen LogP contribution in [0.1, 0.15) is 32.8 Å². The van der Waals surface area contributed by atoms with Gasteiger partial charge in [0.25, 0.3) is 0 Å². The van der Waals surface area contributed by atoms with E-state index in [0.29, 0.717) is 0 Å². The Morgan fingerprint density at radius 2 is 2.06 bits per heavy atom. The molecular weight excluding hydrogens is 220 g/mol. The summed E-state index contributed by atoms with van der Waals surface area (Å²) in [6.45, 7) is 9.39. The van der Waals surface area contributed by atoms with Gasteiger partial charge in [-0.2, -0.15) is 0 Å². The summed E-state index contributed by atoms with van der Waals surface area (Å²) in [7, 11) is 0. The maximum absolute atomic E-state index is 6.26. The van der Waals surface area contributed by atoms with Gasteiger partial charge in [0, 0.05) is 12.7 Å². The highest BCUT2D eigenvalue weighted by Gasteiger charge is 2.16. The Kier molecular flexibility index (Phi) is 4.60. The number of alkyl halides is 1. The third-order valence-corrected chi connectivity index (χ3v) is 2.56. The first kappa shape index (κ1) is 13.3. The topological polar surface area (TPSA) is 24.9 Å². The largest absolute Gasteiger partial charge is 0.369 e. The zero-order chi connectivity index (χ0) is 12.2. The van der Waals surface area contributed by atoms with E-state index in [9.17, 15) is 0 Å².